The van der Waals surface area contributed by atoms with Crippen LogP contribution in [0.15, 0.2) is 0 Å². The molecule has 4 heavy (non-hydrogen) atoms. The molecule has 0 aromatic carbocycles. The molecule has 0 rings (SSSR count). The molecule has 0 saturated carbocycles. The summed E-state index contributed by atoms with van der Waals surface area (Å²) in [7, 11) is 0. The van der Waals surface area contributed by atoms with Crippen molar-refractivity contribution in [1.82, 2.24) is 0 Å². The van der Waals surface area contributed by atoms with Crippen molar-refractivity contribution in [3.8, 4) is 0 Å². The van der Waals surface area contributed by atoms with Crippen LogP contribution < -0.4 is 0 Å². The molecule has 0 spiro atoms. The van der Waals surface area contributed by atoms with Crippen molar-refractivity contribution in [2.24, 2.45) is 0 Å². The molecule has 0 fully saturated rings. The van der Waals surface area contributed by atoms with Gasteiger partial charge in [0, 0.05) is 88.4 Å². The number of hydrogen-bond donors (Lipinski definition) is 0. The van der Waals surface area contributed by atoms with Crippen LogP contribution >= 0.6 is 0 Å². The first-order chi connectivity index (χ1) is 0. The Bertz CT molecular complexity index is 8.00. The van der Waals surface area contributed by atoms with Gasteiger partial charge in [-0.05, 0) is 0 Å². The second-order valence-corrected chi connectivity index (χ2v) is 0. The number of rotatable bonds is 0. The molecule has 24 valence electrons. The fourth-order valence-corrected chi connectivity index (χ4v) is 0. The zero-order valence-electron chi connectivity index (χ0n) is 1.32. The molecule has 0 heterocycles. The Morgan fingerprint density at radius 2 is 1.00 bits per heavy atom. The zero-order valence-corrected chi connectivity index (χ0v) is 8.47. The van der Waals surface area contributed by atoms with Gasteiger partial charge in [-0.3, -0.25) is 0 Å². The maximum Gasteiger partial charge on any atom is 0.187 e. The summed E-state index contributed by atoms with van der Waals surface area (Å²) >= 11 is 0. The van der Waals surface area contributed by atoms with Crippen LogP contribution in [0.25, 0.3) is 0 Å². The second-order valence-electron chi connectivity index (χ2n) is 0. The maximum atomic E-state index is 0. The molecule has 0 aromatic heterocycles. The van der Waals surface area contributed by atoms with Gasteiger partial charge in [-0.25, -0.2) is 0 Å². The minimum Gasteiger partial charge on any atom is 0 e. The van der Waals surface area contributed by atoms with Crippen LogP contribution in [0.4, 0.5) is 0 Å². The van der Waals surface area contributed by atoms with Gasteiger partial charge in [0.2, 0.25) is 0 Å². The Labute approximate surface area is 103 Å². The summed E-state index contributed by atoms with van der Waals surface area (Å²) in [6, 6.07) is 0. The molecule has 0 atom stereocenters. The Hall–Kier alpha value is 3.45. The number of hydrogen-bond acceptors (Lipinski definition) is 0. The first-order valence-electron chi connectivity index (χ1n) is 0. The predicted octanol–water partition coefficient (Wildman–Crippen LogP) is -1.19. The van der Waals surface area contributed by atoms with Crippen molar-refractivity contribution < 1.29 is 88.4 Å². The van der Waals surface area contributed by atoms with Gasteiger partial charge in [-0.2, -0.15) is 0 Å². The van der Waals surface area contributed by atoms with Crippen molar-refractivity contribution in [3.63, 3.8) is 0 Å². The molecule has 0 nitrogen and oxygen atoms in total. The Kier molecular flexibility index (Phi) is 105. The van der Waals surface area contributed by atoms with E-state index < -0.39 is 0 Å². The quantitative estimate of drug-likeness (QED) is 0.473. The normalized spacial score (nSPS) is 0. The molecule has 0 saturated heterocycles. The van der Waals surface area contributed by atoms with Gasteiger partial charge < -0.3 is 0 Å². The van der Waals surface area contributed by atoms with E-state index in [0.29, 0.717) is 0 Å². The summed E-state index contributed by atoms with van der Waals surface area (Å²) < 4.78 is 0. The molecule has 4 heteroatoms. The molecule has 0 aliphatic heterocycles. The van der Waals surface area contributed by atoms with Crippen LogP contribution in [-0.4, -0.2) is 17.4 Å². The predicted molar refractivity (Wildman–Crippen MR) is 9.94 cm³/mol. The Morgan fingerprint density at radius 1 is 1.00 bits per heavy atom. The molecule has 0 aliphatic rings. The largest absolute Gasteiger partial charge is 0.187 e. The molecule has 0 aliphatic carbocycles. The first kappa shape index (κ1) is 26.0. The summed E-state index contributed by atoms with van der Waals surface area (Å²) in [4.78, 5) is 0. The van der Waals surface area contributed by atoms with E-state index in [1.54, 1.807) is 0 Å². The van der Waals surface area contributed by atoms with Crippen LogP contribution in [0.3, 0.4) is 0 Å². The second kappa shape index (κ2) is 16.1. The van der Waals surface area contributed by atoms with Crippen LogP contribution in [-0.2, 0) is 46.6 Å². The molecular weight excluding hydrogens is 365 g/mol. The summed E-state index contributed by atoms with van der Waals surface area (Å²) in [6.45, 7) is 0. The zero-order chi connectivity index (χ0) is 0. The van der Waals surface area contributed by atoms with Gasteiger partial charge in [0.05, 0.1) is 0 Å². The summed E-state index contributed by atoms with van der Waals surface area (Å²) in [6.07, 6.45) is 0. The van der Waals surface area contributed by atoms with E-state index >= 15 is 0 Å². The molecule has 0 radical (unpaired) electrons. The van der Waals surface area contributed by atoms with E-state index in [1.807, 2.05) is 0 Å². The van der Waals surface area contributed by atoms with E-state index in [0.717, 1.165) is 0 Å². The van der Waals surface area contributed by atoms with E-state index in [4.69, 9.17) is 0 Å². The van der Waals surface area contributed by atoms with Gasteiger partial charge in [0.15, 0.2) is 17.4 Å². The van der Waals surface area contributed by atoms with Crippen molar-refractivity contribution in [1.29, 1.82) is 0 Å². The minimum absolute atomic E-state index is 0. The summed E-state index contributed by atoms with van der Waals surface area (Å²) in [5, 5.41) is 0. The SMILES string of the molecule is [AlH3].[Ce].[Pd].[Zr]. The van der Waals surface area contributed by atoms with Crippen LogP contribution in [0.2, 0.25) is 0 Å². The maximum absolute atomic E-state index is 0. The molecule has 0 N–H and O–H groups in total. The van der Waals surface area contributed by atoms with E-state index in [-0.39, 0.29) is 106 Å². The minimum atomic E-state index is 0. The smallest absolute Gasteiger partial charge is 0 e. The van der Waals surface area contributed by atoms with Crippen molar-refractivity contribution in [2.75, 3.05) is 0 Å². The summed E-state index contributed by atoms with van der Waals surface area (Å²) in [5.74, 6) is 0. The van der Waals surface area contributed by atoms with Crippen LogP contribution in [0.5, 0.6) is 0 Å². The molecule has 0 unspecified atom stereocenters. The standard InChI is InChI=1S/Al.Ce.Pd.Zr.3H. The van der Waals surface area contributed by atoms with E-state index in [9.17, 15) is 0 Å². The van der Waals surface area contributed by atoms with Crippen LogP contribution in [0.1, 0.15) is 0 Å². The third kappa shape index (κ3) is 9.07. The van der Waals surface area contributed by atoms with Crippen molar-refractivity contribution in [3.05, 3.63) is 0 Å². The van der Waals surface area contributed by atoms with Gasteiger partial charge in [0.1, 0.15) is 0 Å². The van der Waals surface area contributed by atoms with Crippen molar-refractivity contribution >= 4 is 17.4 Å². The topological polar surface area (TPSA) is 0 Å². The third-order valence-electron chi connectivity index (χ3n) is 0. The first-order valence-corrected chi connectivity index (χ1v) is 0. The Balaban J connectivity index is 0. The van der Waals surface area contributed by atoms with Crippen LogP contribution in [0, 0.1) is 41.7 Å². The fourth-order valence-electron chi connectivity index (χ4n) is 0. The van der Waals surface area contributed by atoms with Gasteiger partial charge >= 0.3 is 0 Å². The van der Waals surface area contributed by atoms with Gasteiger partial charge in [-0.15, -0.1) is 0 Å². The van der Waals surface area contributed by atoms with E-state index in [1.165, 1.54) is 0 Å². The molecule has 0 amide bonds. The fraction of sp³-hybridized carbons (Fsp3) is 0. The monoisotopic (exact) mass is 366 g/mol. The third-order valence-corrected chi connectivity index (χ3v) is 0. The average molecular weight is 368 g/mol. The molecule has 0 aromatic rings. The average Bonchev–Trinajstić information content (AvgIpc) is 0. The summed E-state index contributed by atoms with van der Waals surface area (Å²) in [5.41, 5.74) is 0. The molecule has 0 bridgehead atoms. The molecular formula is H3AlCePdZr. The Morgan fingerprint density at radius 3 is 1.00 bits per heavy atom. The van der Waals surface area contributed by atoms with E-state index in [2.05, 4.69) is 0 Å². The van der Waals surface area contributed by atoms with Gasteiger partial charge in [0.25, 0.3) is 0 Å². The van der Waals surface area contributed by atoms with Crippen molar-refractivity contribution in [2.45, 2.75) is 0 Å². The van der Waals surface area contributed by atoms with Gasteiger partial charge in [-0.1, -0.05) is 0 Å².